The second kappa shape index (κ2) is 8.00. The maximum absolute atomic E-state index is 13.6. The monoisotopic (exact) mass is 367 g/mol. The van der Waals surface area contributed by atoms with Gasteiger partial charge in [0.25, 0.3) is 0 Å². The van der Waals surface area contributed by atoms with Crippen molar-refractivity contribution in [2.24, 2.45) is 0 Å². The summed E-state index contributed by atoms with van der Waals surface area (Å²) in [6.07, 6.45) is 1.45. The van der Waals surface area contributed by atoms with Crippen LogP contribution in [0.2, 0.25) is 0 Å². The van der Waals surface area contributed by atoms with Crippen molar-refractivity contribution in [1.82, 2.24) is 4.72 Å². The van der Waals surface area contributed by atoms with E-state index in [1.165, 1.54) is 24.3 Å². The fourth-order valence-corrected chi connectivity index (χ4v) is 3.02. The summed E-state index contributed by atoms with van der Waals surface area (Å²) in [6, 6.07) is 8.10. The van der Waals surface area contributed by atoms with Gasteiger partial charge in [0.1, 0.15) is 28.9 Å². The Bertz CT molecular complexity index is 897. The molecule has 0 aliphatic carbocycles. The Labute approximate surface area is 144 Å². The van der Waals surface area contributed by atoms with Crippen LogP contribution in [0.4, 0.5) is 8.78 Å². The number of halogens is 2. The van der Waals surface area contributed by atoms with E-state index in [1.54, 1.807) is 0 Å². The van der Waals surface area contributed by atoms with Crippen LogP contribution in [0.5, 0.6) is 5.75 Å². The molecule has 0 bridgehead atoms. The van der Waals surface area contributed by atoms with Crippen LogP contribution in [0.25, 0.3) is 0 Å². The first kappa shape index (κ1) is 18.8. The number of nitrogens with one attached hydrogen (secondary N) is 1. The molecule has 0 radical (unpaired) electrons. The molecule has 8 heteroatoms. The zero-order chi connectivity index (χ0) is 18.4. The number of hydrogen-bond donors (Lipinski definition) is 1. The van der Waals surface area contributed by atoms with Gasteiger partial charge < -0.3 is 4.74 Å². The molecule has 0 saturated heterocycles. The normalized spacial score (nSPS) is 11.1. The molecule has 2 aromatic rings. The van der Waals surface area contributed by atoms with Crippen LogP contribution < -0.4 is 9.46 Å². The van der Waals surface area contributed by atoms with Crippen LogP contribution in [-0.2, 0) is 10.0 Å². The molecule has 0 aromatic heterocycles. The SMILES string of the molecule is C=CCOc1cc(F)cc(C(=O)CNS(=O)(=O)c2ccccc2F)c1. The van der Waals surface area contributed by atoms with Gasteiger partial charge in [0.2, 0.25) is 10.0 Å². The van der Waals surface area contributed by atoms with Gasteiger partial charge in [-0.15, -0.1) is 0 Å². The van der Waals surface area contributed by atoms with E-state index >= 15 is 0 Å². The average molecular weight is 367 g/mol. The zero-order valence-corrected chi connectivity index (χ0v) is 13.9. The van der Waals surface area contributed by atoms with Crippen molar-refractivity contribution < 1.29 is 26.7 Å². The van der Waals surface area contributed by atoms with Crippen LogP contribution >= 0.6 is 0 Å². The highest BCUT2D eigenvalue weighted by Crippen LogP contribution is 2.18. The highest BCUT2D eigenvalue weighted by atomic mass is 32.2. The molecule has 0 amide bonds. The molecule has 0 saturated carbocycles. The lowest BCUT2D eigenvalue weighted by molar-refractivity contribution is 0.0996. The van der Waals surface area contributed by atoms with Crippen molar-refractivity contribution in [3.63, 3.8) is 0 Å². The van der Waals surface area contributed by atoms with Crippen molar-refractivity contribution in [2.45, 2.75) is 4.90 Å². The molecule has 25 heavy (non-hydrogen) atoms. The highest BCUT2D eigenvalue weighted by molar-refractivity contribution is 7.89. The van der Waals surface area contributed by atoms with Crippen molar-refractivity contribution in [2.75, 3.05) is 13.2 Å². The van der Waals surface area contributed by atoms with E-state index in [4.69, 9.17) is 4.74 Å². The summed E-state index contributed by atoms with van der Waals surface area (Å²) in [5, 5.41) is 0. The van der Waals surface area contributed by atoms with E-state index in [9.17, 15) is 22.0 Å². The number of carbonyl (C=O) groups is 1. The fraction of sp³-hybridized carbons (Fsp3) is 0.118. The molecule has 1 N–H and O–H groups in total. The van der Waals surface area contributed by atoms with Crippen molar-refractivity contribution >= 4 is 15.8 Å². The van der Waals surface area contributed by atoms with Gasteiger partial charge in [-0.05, 0) is 24.3 Å². The second-order valence-corrected chi connectivity index (χ2v) is 6.69. The lowest BCUT2D eigenvalue weighted by Crippen LogP contribution is -2.30. The molecule has 5 nitrogen and oxygen atoms in total. The molecule has 132 valence electrons. The van der Waals surface area contributed by atoms with Gasteiger partial charge >= 0.3 is 0 Å². The Kier molecular flexibility index (Phi) is 6.00. The topological polar surface area (TPSA) is 72.5 Å². The van der Waals surface area contributed by atoms with Crippen LogP contribution in [0, 0.1) is 11.6 Å². The summed E-state index contributed by atoms with van der Waals surface area (Å²) in [5.41, 5.74) is -0.0738. The Morgan fingerprint density at radius 3 is 2.60 bits per heavy atom. The fourth-order valence-electron chi connectivity index (χ4n) is 1.97. The largest absolute Gasteiger partial charge is 0.489 e. The second-order valence-electron chi connectivity index (χ2n) is 4.95. The minimum atomic E-state index is -4.21. The Morgan fingerprint density at radius 1 is 1.20 bits per heavy atom. The van der Waals surface area contributed by atoms with E-state index in [1.807, 2.05) is 4.72 Å². The third kappa shape index (κ3) is 4.94. The minimum Gasteiger partial charge on any atom is -0.489 e. The summed E-state index contributed by atoms with van der Waals surface area (Å²) in [6.45, 7) is 2.93. The van der Waals surface area contributed by atoms with Gasteiger partial charge in [-0.25, -0.2) is 21.9 Å². The predicted octanol–water partition coefficient (Wildman–Crippen LogP) is 2.69. The molecule has 0 unspecified atom stereocenters. The molecular weight excluding hydrogens is 352 g/mol. The number of sulfonamides is 1. The lowest BCUT2D eigenvalue weighted by atomic mass is 10.1. The molecular formula is C17H15F2NO4S. The number of ether oxygens (including phenoxy) is 1. The quantitative estimate of drug-likeness (QED) is 0.575. The number of rotatable bonds is 8. The molecule has 2 aromatic carbocycles. The van der Waals surface area contributed by atoms with E-state index in [0.717, 1.165) is 24.3 Å². The Hall–Kier alpha value is -2.58. The summed E-state index contributed by atoms with van der Waals surface area (Å²) in [4.78, 5) is 11.6. The van der Waals surface area contributed by atoms with Gasteiger partial charge in [0.05, 0.1) is 6.54 Å². The summed E-state index contributed by atoms with van der Waals surface area (Å²) in [7, 11) is -4.21. The zero-order valence-electron chi connectivity index (χ0n) is 13.0. The third-order valence-corrected chi connectivity index (χ3v) is 4.54. The summed E-state index contributed by atoms with van der Waals surface area (Å²) in [5.74, 6) is -2.22. The third-order valence-electron chi connectivity index (χ3n) is 3.11. The van der Waals surface area contributed by atoms with Gasteiger partial charge in [0.15, 0.2) is 5.78 Å². The maximum Gasteiger partial charge on any atom is 0.243 e. The standard InChI is InChI=1S/C17H15F2NO4S/c1-2-7-24-14-9-12(8-13(18)10-14)16(21)11-20-25(22,23)17-6-4-3-5-15(17)19/h2-6,8-10,20H,1,7,11H2. The molecule has 2 rings (SSSR count). The van der Waals surface area contributed by atoms with E-state index in [2.05, 4.69) is 6.58 Å². The Morgan fingerprint density at radius 2 is 1.92 bits per heavy atom. The van der Waals surface area contributed by atoms with E-state index in [-0.39, 0.29) is 17.9 Å². The summed E-state index contributed by atoms with van der Waals surface area (Å²) < 4.78 is 58.4. The van der Waals surface area contributed by atoms with Crippen LogP contribution in [0.15, 0.2) is 60.0 Å². The van der Waals surface area contributed by atoms with Gasteiger partial charge in [-0.2, -0.15) is 0 Å². The van der Waals surface area contributed by atoms with Gasteiger partial charge in [-0.1, -0.05) is 24.8 Å². The van der Waals surface area contributed by atoms with Crippen molar-refractivity contribution in [1.29, 1.82) is 0 Å². The highest BCUT2D eigenvalue weighted by Gasteiger charge is 2.20. The molecule has 0 heterocycles. The molecule has 0 aliphatic rings. The number of benzene rings is 2. The number of Topliss-reactive ketones (excluding diaryl/α,β-unsaturated/α-hetero) is 1. The minimum absolute atomic E-state index is 0.0738. The van der Waals surface area contributed by atoms with Crippen LogP contribution in [0.3, 0.4) is 0 Å². The molecule has 0 spiro atoms. The molecule has 0 atom stereocenters. The van der Waals surface area contributed by atoms with Gasteiger partial charge in [-0.3, -0.25) is 4.79 Å². The first-order chi connectivity index (χ1) is 11.8. The van der Waals surface area contributed by atoms with Crippen LogP contribution in [0.1, 0.15) is 10.4 Å². The van der Waals surface area contributed by atoms with E-state index in [0.29, 0.717) is 0 Å². The molecule has 0 fully saturated rings. The maximum atomic E-state index is 13.6. The number of hydrogen-bond acceptors (Lipinski definition) is 4. The molecule has 0 aliphatic heterocycles. The van der Waals surface area contributed by atoms with Crippen molar-refractivity contribution in [3.8, 4) is 5.75 Å². The van der Waals surface area contributed by atoms with Crippen LogP contribution in [-0.4, -0.2) is 27.4 Å². The van der Waals surface area contributed by atoms with E-state index < -0.39 is 38.9 Å². The number of ketones is 1. The summed E-state index contributed by atoms with van der Waals surface area (Å²) >= 11 is 0. The smallest absolute Gasteiger partial charge is 0.243 e. The Balaban J connectivity index is 2.13. The average Bonchev–Trinajstić information content (AvgIpc) is 2.57. The predicted molar refractivity (Wildman–Crippen MR) is 88.0 cm³/mol. The van der Waals surface area contributed by atoms with Crippen molar-refractivity contribution in [3.05, 3.63) is 72.3 Å². The lowest BCUT2D eigenvalue weighted by Gasteiger charge is -2.09. The van der Waals surface area contributed by atoms with Gasteiger partial charge in [0, 0.05) is 11.6 Å². The number of carbonyl (C=O) groups excluding carboxylic acids is 1. The first-order valence-electron chi connectivity index (χ1n) is 7.15. The first-order valence-corrected chi connectivity index (χ1v) is 8.63.